The Morgan fingerprint density at radius 3 is 2.38 bits per heavy atom. The zero-order valence-electron chi connectivity index (χ0n) is 11.8. The molecule has 0 aliphatic heterocycles. The van der Waals surface area contributed by atoms with Crippen molar-refractivity contribution in [1.82, 2.24) is 5.32 Å². The number of hydrogen-bond donors (Lipinski definition) is 1. The van der Waals surface area contributed by atoms with Crippen molar-refractivity contribution in [3.05, 3.63) is 32.3 Å². The number of nitro groups is 1. The maximum Gasteiger partial charge on any atom is 0.272 e. The molecule has 1 aromatic carbocycles. The van der Waals surface area contributed by atoms with Crippen molar-refractivity contribution in [2.45, 2.75) is 32.4 Å². The Bertz CT molecular complexity index is 564. The number of nitro benzene ring substituents is 1. The predicted octanol–water partition coefficient (Wildman–Crippen LogP) is 3.56. The molecule has 8 heteroatoms. The molecule has 1 unspecified atom stereocenters. The molecule has 114 valence electrons. The molecule has 0 amide bonds. The Morgan fingerprint density at radius 2 is 2.00 bits per heavy atom. The van der Waals surface area contributed by atoms with E-state index in [2.05, 4.69) is 11.4 Å². The minimum Gasteiger partial charge on any atom is -0.487 e. The van der Waals surface area contributed by atoms with Gasteiger partial charge in [0, 0.05) is 18.2 Å². The van der Waals surface area contributed by atoms with Gasteiger partial charge in [-0.2, -0.15) is 5.26 Å². The molecule has 0 saturated carbocycles. The van der Waals surface area contributed by atoms with Crippen molar-refractivity contribution in [1.29, 1.82) is 5.26 Å². The van der Waals surface area contributed by atoms with Crippen LogP contribution in [0, 0.1) is 21.4 Å². The van der Waals surface area contributed by atoms with Gasteiger partial charge in [0.2, 0.25) is 0 Å². The van der Waals surface area contributed by atoms with E-state index in [1.807, 2.05) is 13.8 Å². The van der Waals surface area contributed by atoms with Crippen molar-refractivity contribution >= 4 is 28.9 Å². The van der Waals surface area contributed by atoms with E-state index >= 15 is 0 Å². The van der Waals surface area contributed by atoms with Crippen LogP contribution >= 0.6 is 23.2 Å². The molecule has 0 aromatic heterocycles. The summed E-state index contributed by atoms with van der Waals surface area (Å²) in [6, 6.07) is 4.51. The molecule has 0 radical (unpaired) electrons. The lowest BCUT2D eigenvalue weighted by Crippen LogP contribution is -2.49. The van der Waals surface area contributed by atoms with Gasteiger partial charge >= 0.3 is 0 Å². The number of hydrogen-bond acceptors (Lipinski definition) is 5. The van der Waals surface area contributed by atoms with Gasteiger partial charge < -0.3 is 4.74 Å². The van der Waals surface area contributed by atoms with Crippen LogP contribution in [0.2, 0.25) is 10.0 Å². The van der Waals surface area contributed by atoms with Crippen molar-refractivity contribution in [2.75, 3.05) is 6.61 Å². The summed E-state index contributed by atoms with van der Waals surface area (Å²) in [5.41, 5.74) is -1.15. The van der Waals surface area contributed by atoms with Crippen LogP contribution < -0.4 is 10.1 Å². The SMILES string of the molecule is CC(C)NC(C)(C#N)COc1c(Cl)cc([N+](=O)[O-])cc1Cl. The van der Waals surface area contributed by atoms with E-state index in [1.54, 1.807) is 6.92 Å². The van der Waals surface area contributed by atoms with Gasteiger partial charge in [0.1, 0.15) is 12.1 Å². The number of halogens is 2. The quantitative estimate of drug-likeness (QED) is 0.635. The van der Waals surface area contributed by atoms with E-state index in [0.29, 0.717) is 0 Å². The minimum atomic E-state index is -0.928. The molecule has 0 aliphatic rings. The van der Waals surface area contributed by atoms with E-state index < -0.39 is 10.5 Å². The van der Waals surface area contributed by atoms with Crippen molar-refractivity contribution in [3.63, 3.8) is 0 Å². The third-order valence-corrected chi connectivity index (χ3v) is 3.11. The third-order valence-electron chi connectivity index (χ3n) is 2.55. The lowest BCUT2D eigenvalue weighted by Gasteiger charge is -2.26. The molecule has 6 nitrogen and oxygen atoms in total. The van der Waals surface area contributed by atoms with Gasteiger partial charge in [-0.15, -0.1) is 0 Å². The van der Waals surface area contributed by atoms with Crippen LogP contribution in [0.25, 0.3) is 0 Å². The average Bonchev–Trinajstić information content (AvgIpc) is 2.36. The van der Waals surface area contributed by atoms with Gasteiger partial charge in [-0.25, -0.2) is 0 Å². The van der Waals surface area contributed by atoms with Gasteiger partial charge in [0.05, 0.1) is 21.0 Å². The Balaban J connectivity index is 2.94. The maximum atomic E-state index is 10.7. The van der Waals surface area contributed by atoms with Crippen molar-refractivity contribution in [3.8, 4) is 11.8 Å². The zero-order chi connectivity index (χ0) is 16.2. The molecule has 0 spiro atoms. The number of ether oxygens (including phenoxy) is 1. The van der Waals surface area contributed by atoms with Gasteiger partial charge in [-0.05, 0) is 20.8 Å². The molecule has 0 bridgehead atoms. The summed E-state index contributed by atoms with van der Waals surface area (Å²) >= 11 is 11.9. The highest BCUT2D eigenvalue weighted by Gasteiger charge is 2.27. The summed E-state index contributed by atoms with van der Waals surface area (Å²) in [4.78, 5) is 10.1. The summed E-state index contributed by atoms with van der Waals surface area (Å²) in [5, 5.41) is 23.0. The normalized spacial score (nSPS) is 13.6. The number of nitriles is 1. The van der Waals surface area contributed by atoms with Crippen LogP contribution in [0.1, 0.15) is 20.8 Å². The van der Waals surface area contributed by atoms with Gasteiger partial charge in [-0.1, -0.05) is 23.2 Å². The Labute approximate surface area is 132 Å². The third kappa shape index (κ3) is 4.74. The fourth-order valence-corrected chi connectivity index (χ4v) is 2.33. The number of nitrogens with one attached hydrogen (secondary N) is 1. The number of non-ortho nitro benzene ring substituents is 1. The second-order valence-corrected chi connectivity index (χ2v) is 5.84. The second-order valence-electron chi connectivity index (χ2n) is 5.03. The molecule has 1 N–H and O–H groups in total. The summed E-state index contributed by atoms with van der Waals surface area (Å²) in [6.07, 6.45) is 0. The second kappa shape index (κ2) is 6.94. The molecule has 0 saturated heterocycles. The summed E-state index contributed by atoms with van der Waals surface area (Å²) in [7, 11) is 0. The molecular formula is C13H15Cl2N3O3. The fourth-order valence-electron chi connectivity index (χ4n) is 1.75. The maximum absolute atomic E-state index is 10.7. The van der Waals surface area contributed by atoms with Crippen molar-refractivity contribution in [2.24, 2.45) is 0 Å². The van der Waals surface area contributed by atoms with Crippen LogP contribution in [0.15, 0.2) is 12.1 Å². The lowest BCUT2D eigenvalue weighted by molar-refractivity contribution is -0.384. The van der Waals surface area contributed by atoms with Crippen LogP contribution in [-0.2, 0) is 0 Å². The highest BCUT2D eigenvalue weighted by atomic mass is 35.5. The molecule has 0 aliphatic carbocycles. The first kappa shape index (κ1) is 17.5. The van der Waals surface area contributed by atoms with E-state index in [-0.39, 0.29) is 34.1 Å². The molecule has 1 aromatic rings. The number of benzene rings is 1. The van der Waals surface area contributed by atoms with Gasteiger partial charge in [-0.3, -0.25) is 15.4 Å². The number of nitrogens with zero attached hydrogens (tertiary/aromatic N) is 2. The topological polar surface area (TPSA) is 88.2 Å². The first-order valence-corrected chi connectivity index (χ1v) is 6.89. The van der Waals surface area contributed by atoms with Crippen LogP contribution in [0.3, 0.4) is 0 Å². The molecule has 0 fully saturated rings. The van der Waals surface area contributed by atoms with E-state index in [0.717, 1.165) is 12.1 Å². The average molecular weight is 332 g/mol. The zero-order valence-corrected chi connectivity index (χ0v) is 13.3. The summed E-state index contributed by atoms with van der Waals surface area (Å²) in [6.45, 7) is 5.49. The van der Waals surface area contributed by atoms with Crippen LogP contribution in [0.4, 0.5) is 5.69 Å². The highest BCUT2D eigenvalue weighted by Crippen LogP contribution is 2.37. The Hall–Kier alpha value is -1.55. The molecule has 0 heterocycles. The fraction of sp³-hybridized carbons (Fsp3) is 0.462. The van der Waals surface area contributed by atoms with Crippen LogP contribution in [-0.4, -0.2) is 23.1 Å². The van der Waals surface area contributed by atoms with E-state index in [1.165, 1.54) is 0 Å². The van der Waals surface area contributed by atoms with E-state index in [4.69, 9.17) is 27.9 Å². The highest BCUT2D eigenvalue weighted by molar-refractivity contribution is 6.37. The number of rotatable bonds is 6. The lowest BCUT2D eigenvalue weighted by atomic mass is 10.1. The molecule has 1 atom stereocenters. The monoisotopic (exact) mass is 331 g/mol. The standard InChI is InChI=1S/C13H15Cl2N3O3/c1-8(2)17-13(3,6-16)7-21-12-10(14)4-9(18(19)20)5-11(12)15/h4-5,8,17H,7H2,1-3H3. The minimum absolute atomic E-state index is 0.00106. The molecular weight excluding hydrogens is 317 g/mol. The Morgan fingerprint density at radius 1 is 1.48 bits per heavy atom. The largest absolute Gasteiger partial charge is 0.487 e. The molecule has 1 rings (SSSR count). The van der Waals surface area contributed by atoms with Gasteiger partial charge in [0.25, 0.3) is 5.69 Å². The first-order chi connectivity index (χ1) is 9.68. The predicted molar refractivity (Wildman–Crippen MR) is 80.9 cm³/mol. The van der Waals surface area contributed by atoms with Crippen molar-refractivity contribution < 1.29 is 9.66 Å². The van der Waals surface area contributed by atoms with Gasteiger partial charge in [0.15, 0.2) is 5.75 Å². The van der Waals surface area contributed by atoms with Crippen LogP contribution in [0.5, 0.6) is 5.75 Å². The van der Waals surface area contributed by atoms with E-state index in [9.17, 15) is 15.4 Å². The first-order valence-electron chi connectivity index (χ1n) is 6.13. The summed E-state index contributed by atoms with van der Waals surface area (Å²) in [5.74, 6) is 0.121. The Kier molecular flexibility index (Phi) is 5.78. The summed E-state index contributed by atoms with van der Waals surface area (Å²) < 4.78 is 5.49. The molecule has 21 heavy (non-hydrogen) atoms. The smallest absolute Gasteiger partial charge is 0.272 e.